The lowest BCUT2D eigenvalue weighted by atomic mass is 10.2. The molecule has 0 radical (unpaired) electrons. The number of aromatic nitrogens is 3. The molecule has 0 unspecified atom stereocenters. The Balaban J connectivity index is 1.98. The number of nitrogens with two attached hydrogens (primary N) is 1. The Morgan fingerprint density at radius 3 is 2.95 bits per heavy atom. The molecule has 0 aromatic carbocycles. The van der Waals surface area contributed by atoms with Crippen molar-refractivity contribution in [2.24, 2.45) is 5.73 Å². The second-order valence-electron chi connectivity index (χ2n) is 5.64. The summed E-state index contributed by atoms with van der Waals surface area (Å²) in [6.07, 6.45) is 9.95. The Kier molecular flexibility index (Phi) is 3.87. The predicted molar refractivity (Wildman–Crippen MR) is 81.0 cm³/mol. The summed E-state index contributed by atoms with van der Waals surface area (Å²) < 4.78 is 1.93. The molecule has 1 fully saturated rings. The van der Waals surface area contributed by atoms with Gasteiger partial charge in [-0.15, -0.1) is 0 Å². The van der Waals surface area contributed by atoms with Crippen LogP contribution in [0.4, 0.5) is 5.82 Å². The number of fused-ring (bicyclic) bond motifs is 1. The number of anilines is 1. The first-order chi connectivity index (χ1) is 9.79. The quantitative estimate of drug-likeness (QED) is 0.906. The summed E-state index contributed by atoms with van der Waals surface area (Å²) in [6.45, 7) is 3.74. The van der Waals surface area contributed by atoms with E-state index in [0.29, 0.717) is 6.04 Å². The standard InChI is InChI=1S/C15H23N5/c1-12-11-14-15(17-8-10-20(14)18-12)19(9-4-7-16)13-5-2-3-6-13/h8,10-11,13H,2-7,9,16H2,1H3. The molecule has 1 saturated carbocycles. The van der Waals surface area contributed by atoms with E-state index >= 15 is 0 Å². The minimum atomic E-state index is 0.607. The van der Waals surface area contributed by atoms with E-state index in [4.69, 9.17) is 5.73 Å². The summed E-state index contributed by atoms with van der Waals surface area (Å²) in [5, 5.41) is 4.49. The molecule has 108 valence electrons. The van der Waals surface area contributed by atoms with Crippen LogP contribution in [0.25, 0.3) is 5.52 Å². The van der Waals surface area contributed by atoms with E-state index in [9.17, 15) is 0 Å². The molecule has 2 aromatic rings. The van der Waals surface area contributed by atoms with Gasteiger partial charge in [0, 0.05) is 25.0 Å². The van der Waals surface area contributed by atoms with Crippen LogP contribution in [0.2, 0.25) is 0 Å². The van der Waals surface area contributed by atoms with E-state index in [1.54, 1.807) is 0 Å². The first-order valence-electron chi connectivity index (χ1n) is 7.57. The fourth-order valence-corrected chi connectivity index (χ4v) is 3.19. The molecule has 3 rings (SSSR count). The van der Waals surface area contributed by atoms with Crippen molar-refractivity contribution in [3.8, 4) is 0 Å². The van der Waals surface area contributed by atoms with Crippen LogP contribution in [0.1, 0.15) is 37.8 Å². The molecule has 0 saturated heterocycles. The van der Waals surface area contributed by atoms with E-state index in [1.165, 1.54) is 25.7 Å². The molecular formula is C15H23N5. The summed E-state index contributed by atoms with van der Waals surface area (Å²) >= 11 is 0. The highest BCUT2D eigenvalue weighted by atomic mass is 15.3. The zero-order valence-electron chi connectivity index (χ0n) is 12.1. The molecule has 2 N–H and O–H groups in total. The molecule has 0 spiro atoms. The number of hydrogen-bond acceptors (Lipinski definition) is 4. The number of hydrogen-bond donors (Lipinski definition) is 1. The molecular weight excluding hydrogens is 250 g/mol. The molecule has 5 nitrogen and oxygen atoms in total. The molecule has 2 heterocycles. The van der Waals surface area contributed by atoms with Crippen LogP contribution in [0, 0.1) is 6.92 Å². The van der Waals surface area contributed by atoms with Gasteiger partial charge in [0.15, 0.2) is 5.82 Å². The van der Waals surface area contributed by atoms with E-state index in [2.05, 4.69) is 21.0 Å². The third-order valence-corrected chi connectivity index (χ3v) is 4.13. The van der Waals surface area contributed by atoms with Crippen molar-refractivity contribution in [3.63, 3.8) is 0 Å². The average Bonchev–Trinajstić information content (AvgIpc) is 3.07. The lowest BCUT2D eigenvalue weighted by Crippen LogP contribution is -2.36. The summed E-state index contributed by atoms with van der Waals surface area (Å²) in [7, 11) is 0. The molecule has 2 aromatic heterocycles. The van der Waals surface area contributed by atoms with Crippen LogP contribution in [0.15, 0.2) is 18.5 Å². The smallest absolute Gasteiger partial charge is 0.154 e. The maximum atomic E-state index is 5.71. The van der Waals surface area contributed by atoms with Gasteiger partial charge in [-0.25, -0.2) is 9.50 Å². The van der Waals surface area contributed by atoms with Crippen LogP contribution in [-0.2, 0) is 0 Å². The third-order valence-electron chi connectivity index (χ3n) is 4.13. The number of aryl methyl sites for hydroxylation is 1. The molecule has 0 atom stereocenters. The zero-order chi connectivity index (χ0) is 13.9. The maximum absolute atomic E-state index is 5.71. The minimum absolute atomic E-state index is 0.607. The SMILES string of the molecule is Cc1cc2c(N(CCCN)C3CCCC3)nccn2n1. The van der Waals surface area contributed by atoms with E-state index < -0.39 is 0 Å². The van der Waals surface area contributed by atoms with Gasteiger partial charge in [0.2, 0.25) is 0 Å². The second kappa shape index (κ2) is 5.79. The van der Waals surface area contributed by atoms with Gasteiger partial charge in [-0.3, -0.25) is 0 Å². The van der Waals surface area contributed by atoms with Crippen molar-refractivity contribution in [2.75, 3.05) is 18.0 Å². The number of rotatable bonds is 5. The van der Waals surface area contributed by atoms with E-state index in [0.717, 1.165) is 36.5 Å². The minimum Gasteiger partial charge on any atom is -0.352 e. The van der Waals surface area contributed by atoms with Crippen molar-refractivity contribution < 1.29 is 0 Å². The summed E-state index contributed by atoms with van der Waals surface area (Å²) in [5.41, 5.74) is 7.84. The van der Waals surface area contributed by atoms with Gasteiger partial charge in [-0.2, -0.15) is 5.10 Å². The van der Waals surface area contributed by atoms with Gasteiger partial charge < -0.3 is 10.6 Å². The molecule has 0 aliphatic heterocycles. The van der Waals surface area contributed by atoms with Gasteiger partial charge >= 0.3 is 0 Å². The van der Waals surface area contributed by atoms with Crippen molar-refractivity contribution >= 4 is 11.3 Å². The first-order valence-corrected chi connectivity index (χ1v) is 7.57. The molecule has 20 heavy (non-hydrogen) atoms. The Morgan fingerprint density at radius 2 is 2.20 bits per heavy atom. The molecule has 5 heteroatoms. The second-order valence-corrected chi connectivity index (χ2v) is 5.64. The van der Waals surface area contributed by atoms with Crippen molar-refractivity contribution in [1.82, 2.24) is 14.6 Å². The van der Waals surface area contributed by atoms with Crippen molar-refractivity contribution in [2.45, 2.75) is 45.1 Å². The fraction of sp³-hybridized carbons (Fsp3) is 0.600. The lowest BCUT2D eigenvalue weighted by Gasteiger charge is -2.30. The molecule has 1 aliphatic carbocycles. The first kappa shape index (κ1) is 13.4. The molecule has 0 amide bonds. The predicted octanol–water partition coefficient (Wildman–Crippen LogP) is 2.14. The van der Waals surface area contributed by atoms with Crippen LogP contribution in [0.3, 0.4) is 0 Å². The Bertz CT molecular complexity index is 571. The highest BCUT2D eigenvalue weighted by Gasteiger charge is 2.25. The van der Waals surface area contributed by atoms with Crippen LogP contribution >= 0.6 is 0 Å². The van der Waals surface area contributed by atoms with Crippen LogP contribution in [-0.4, -0.2) is 33.7 Å². The molecule has 0 bridgehead atoms. The van der Waals surface area contributed by atoms with Crippen molar-refractivity contribution in [1.29, 1.82) is 0 Å². The third kappa shape index (κ3) is 2.50. The van der Waals surface area contributed by atoms with Gasteiger partial charge in [0.25, 0.3) is 0 Å². The summed E-state index contributed by atoms with van der Waals surface area (Å²) in [6, 6.07) is 2.72. The van der Waals surface area contributed by atoms with Gasteiger partial charge in [0.05, 0.1) is 5.69 Å². The average molecular weight is 273 g/mol. The lowest BCUT2D eigenvalue weighted by molar-refractivity contribution is 0.587. The highest BCUT2D eigenvalue weighted by molar-refractivity contribution is 5.69. The topological polar surface area (TPSA) is 59.5 Å². The van der Waals surface area contributed by atoms with Crippen LogP contribution < -0.4 is 10.6 Å². The zero-order valence-corrected chi connectivity index (χ0v) is 12.1. The normalized spacial score (nSPS) is 16.1. The number of nitrogens with zero attached hydrogens (tertiary/aromatic N) is 4. The fourth-order valence-electron chi connectivity index (χ4n) is 3.19. The summed E-state index contributed by atoms with van der Waals surface area (Å²) in [4.78, 5) is 7.10. The van der Waals surface area contributed by atoms with Gasteiger partial charge in [0.1, 0.15) is 5.52 Å². The van der Waals surface area contributed by atoms with Crippen molar-refractivity contribution in [3.05, 3.63) is 24.2 Å². The largest absolute Gasteiger partial charge is 0.352 e. The van der Waals surface area contributed by atoms with Gasteiger partial charge in [-0.05, 0) is 38.8 Å². The monoisotopic (exact) mass is 273 g/mol. The Morgan fingerprint density at radius 1 is 1.40 bits per heavy atom. The molecule has 1 aliphatic rings. The Labute approximate surface area is 119 Å². The maximum Gasteiger partial charge on any atom is 0.154 e. The highest BCUT2D eigenvalue weighted by Crippen LogP contribution is 2.29. The van der Waals surface area contributed by atoms with Crippen LogP contribution in [0.5, 0.6) is 0 Å². The van der Waals surface area contributed by atoms with Gasteiger partial charge in [-0.1, -0.05) is 12.8 Å². The van der Waals surface area contributed by atoms with E-state index in [-0.39, 0.29) is 0 Å². The summed E-state index contributed by atoms with van der Waals surface area (Å²) in [5.74, 6) is 1.06. The Hall–Kier alpha value is -1.62. The van der Waals surface area contributed by atoms with E-state index in [1.807, 2.05) is 23.8 Å².